The van der Waals surface area contributed by atoms with Crippen molar-refractivity contribution < 1.29 is 25.2 Å². The maximum Gasteiger partial charge on any atom is 0.184 e. The van der Waals surface area contributed by atoms with Gasteiger partial charge in [-0.05, 0) is 0 Å². The molecule has 1 rings (SSSR count). The Labute approximate surface area is 69.2 Å². The van der Waals surface area contributed by atoms with Gasteiger partial charge < -0.3 is 30.9 Å². The van der Waals surface area contributed by atoms with E-state index in [0.717, 1.165) is 0 Å². The number of nitrogens with two attached hydrogens (primary N) is 1. The van der Waals surface area contributed by atoms with Gasteiger partial charge in [0.25, 0.3) is 0 Å². The number of rotatable bonds is 1. The van der Waals surface area contributed by atoms with Gasteiger partial charge in [-0.15, -0.1) is 0 Å². The van der Waals surface area contributed by atoms with Crippen molar-refractivity contribution in [1.29, 1.82) is 0 Å². The second kappa shape index (κ2) is 3.65. The first-order valence-electron chi connectivity index (χ1n) is 3.65. The summed E-state index contributed by atoms with van der Waals surface area (Å²) in [6.45, 7) is -0.0258. The summed E-state index contributed by atoms with van der Waals surface area (Å²) in [5, 5.41) is 36.3. The van der Waals surface area contributed by atoms with Gasteiger partial charge in [0.05, 0.1) is 0 Å². The maximum absolute atomic E-state index is 9.20. The first-order chi connectivity index (χ1) is 5.57. The Morgan fingerprint density at radius 3 is 2.08 bits per heavy atom. The molecule has 72 valence electrons. The molecule has 0 aromatic heterocycles. The van der Waals surface area contributed by atoms with Crippen molar-refractivity contribution in [3.63, 3.8) is 0 Å². The molecule has 6 nitrogen and oxygen atoms in total. The smallest absolute Gasteiger partial charge is 0.184 e. The van der Waals surface area contributed by atoms with Gasteiger partial charge >= 0.3 is 0 Å². The molecule has 0 saturated carbocycles. The van der Waals surface area contributed by atoms with Gasteiger partial charge in [-0.25, -0.2) is 0 Å². The van der Waals surface area contributed by atoms with E-state index in [1.807, 2.05) is 0 Å². The molecule has 1 saturated heterocycles. The van der Waals surface area contributed by atoms with E-state index >= 15 is 0 Å². The van der Waals surface area contributed by atoms with Gasteiger partial charge in [-0.3, -0.25) is 0 Å². The number of hydrogen-bond donors (Lipinski definition) is 5. The summed E-state index contributed by atoms with van der Waals surface area (Å²) in [5.74, 6) is 0. The van der Waals surface area contributed by atoms with Crippen LogP contribution < -0.4 is 5.73 Å². The zero-order valence-corrected chi connectivity index (χ0v) is 6.37. The molecule has 1 aliphatic rings. The second-order valence-electron chi connectivity index (χ2n) is 2.77. The summed E-state index contributed by atoms with van der Waals surface area (Å²) >= 11 is 0. The predicted octanol–water partition coefficient (Wildman–Crippen LogP) is -3.25. The highest BCUT2D eigenvalue weighted by atomic mass is 16.6. The highest BCUT2D eigenvalue weighted by Gasteiger charge is 2.42. The van der Waals surface area contributed by atoms with E-state index in [0.29, 0.717) is 0 Å². The van der Waals surface area contributed by atoms with E-state index in [4.69, 9.17) is 25.8 Å². The minimum Gasteiger partial charge on any atom is -0.388 e. The fraction of sp³-hybridized carbons (Fsp3) is 1.00. The average Bonchev–Trinajstić information content (AvgIpc) is 2.08. The van der Waals surface area contributed by atoms with Gasteiger partial charge in [-0.2, -0.15) is 0 Å². The van der Waals surface area contributed by atoms with Crippen molar-refractivity contribution in [2.24, 2.45) is 5.73 Å². The fourth-order valence-electron chi connectivity index (χ4n) is 1.13. The fourth-order valence-corrected chi connectivity index (χ4v) is 1.13. The molecule has 1 fully saturated rings. The van der Waals surface area contributed by atoms with Crippen LogP contribution in [0.15, 0.2) is 0 Å². The maximum atomic E-state index is 9.20. The molecule has 6 N–H and O–H groups in total. The van der Waals surface area contributed by atoms with Crippen molar-refractivity contribution in [2.45, 2.75) is 30.7 Å². The zero-order valence-electron chi connectivity index (χ0n) is 6.37. The molecule has 0 aromatic rings. The molecule has 1 aliphatic heterocycles. The molecular formula is C6H13NO5. The SMILES string of the molecule is NCC1O[C@@H](O)C(O)[C@@H](O)[C@H]1O. The van der Waals surface area contributed by atoms with E-state index in [2.05, 4.69) is 0 Å². The summed E-state index contributed by atoms with van der Waals surface area (Å²) in [6.07, 6.45) is -6.48. The van der Waals surface area contributed by atoms with Crippen molar-refractivity contribution in [1.82, 2.24) is 0 Å². The number of ether oxygens (including phenoxy) is 1. The highest BCUT2D eigenvalue weighted by Crippen LogP contribution is 2.18. The van der Waals surface area contributed by atoms with Crippen molar-refractivity contribution in [3.05, 3.63) is 0 Å². The predicted molar refractivity (Wildman–Crippen MR) is 38.0 cm³/mol. The van der Waals surface area contributed by atoms with Crippen LogP contribution in [0.2, 0.25) is 0 Å². The van der Waals surface area contributed by atoms with Crippen LogP contribution in [-0.2, 0) is 4.74 Å². The third kappa shape index (κ3) is 1.58. The molecule has 12 heavy (non-hydrogen) atoms. The monoisotopic (exact) mass is 179 g/mol. The summed E-state index contributed by atoms with van der Waals surface area (Å²) in [5.41, 5.74) is 5.17. The van der Waals surface area contributed by atoms with Gasteiger partial charge in [0.15, 0.2) is 6.29 Å². The zero-order chi connectivity index (χ0) is 9.30. The molecule has 2 unspecified atom stereocenters. The van der Waals surface area contributed by atoms with E-state index in [1.54, 1.807) is 0 Å². The topological polar surface area (TPSA) is 116 Å². The lowest BCUT2D eigenvalue weighted by atomic mass is 9.99. The van der Waals surface area contributed by atoms with Crippen LogP contribution >= 0.6 is 0 Å². The van der Waals surface area contributed by atoms with E-state index in [-0.39, 0.29) is 6.54 Å². The van der Waals surface area contributed by atoms with Gasteiger partial charge in [0, 0.05) is 6.54 Å². The van der Waals surface area contributed by atoms with E-state index in [9.17, 15) is 5.11 Å². The summed E-state index contributed by atoms with van der Waals surface area (Å²) in [6, 6.07) is 0. The summed E-state index contributed by atoms with van der Waals surface area (Å²) < 4.78 is 4.70. The number of aliphatic hydroxyl groups is 4. The van der Waals surface area contributed by atoms with Crippen LogP contribution in [-0.4, -0.2) is 57.7 Å². The Kier molecular flexibility index (Phi) is 2.99. The summed E-state index contributed by atoms with van der Waals surface area (Å²) in [4.78, 5) is 0. The van der Waals surface area contributed by atoms with Crippen LogP contribution in [0.3, 0.4) is 0 Å². The summed E-state index contributed by atoms with van der Waals surface area (Å²) in [7, 11) is 0. The van der Waals surface area contributed by atoms with Gasteiger partial charge in [0.1, 0.15) is 24.4 Å². The normalized spacial score (nSPS) is 49.2. The molecule has 6 heteroatoms. The first-order valence-corrected chi connectivity index (χ1v) is 3.65. The van der Waals surface area contributed by atoms with Crippen LogP contribution in [0, 0.1) is 0 Å². The Bertz CT molecular complexity index is 150. The lowest BCUT2D eigenvalue weighted by Crippen LogP contribution is -2.59. The van der Waals surface area contributed by atoms with Gasteiger partial charge in [0.2, 0.25) is 0 Å². The lowest BCUT2D eigenvalue weighted by Gasteiger charge is -2.37. The largest absolute Gasteiger partial charge is 0.388 e. The molecule has 0 spiro atoms. The first kappa shape index (κ1) is 9.85. The molecule has 1 heterocycles. The second-order valence-corrected chi connectivity index (χ2v) is 2.77. The Morgan fingerprint density at radius 1 is 1.00 bits per heavy atom. The van der Waals surface area contributed by atoms with Crippen molar-refractivity contribution in [3.8, 4) is 0 Å². The van der Waals surface area contributed by atoms with Crippen LogP contribution in [0.25, 0.3) is 0 Å². The minimum absolute atomic E-state index is 0.0258. The molecule has 0 radical (unpaired) electrons. The Balaban J connectivity index is 2.63. The van der Waals surface area contributed by atoms with E-state index in [1.165, 1.54) is 0 Å². The molecule has 0 bridgehead atoms. The highest BCUT2D eigenvalue weighted by molar-refractivity contribution is 4.88. The average molecular weight is 179 g/mol. The standard InChI is InChI=1S/C6H13NO5/c7-1-2-3(8)4(9)5(10)6(11)12-2/h2-6,8-11H,1,7H2/t2?,3-,4-,5?,6+/m0/s1. The van der Waals surface area contributed by atoms with Crippen LogP contribution in [0.4, 0.5) is 0 Å². The quantitative estimate of drug-likeness (QED) is 0.288. The number of aliphatic hydroxyl groups excluding tert-OH is 4. The van der Waals surface area contributed by atoms with Crippen LogP contribution in [0.1, 0.15) is 0 Å². The molecule has 5 atom stereocenters. The molecule has 0 amide bonds. The minimum atomic E-state index is -1.49. The third-order valence-corrected chi connectivity index (χ3v) is 1.92. The Morgan fingerprint density at radius 2 is 1.58 bits per heavy atom. The van der Waals surface area contributed by atoms with E-state index < -0.39 is 30.7 Å². The van der Waals surface area contributed by atoms with Crippen molar-refractivity contribution in [2.75, 3.05) is 6.54 Å². The number of hydrogen-bond acceptors (Lipinski definition) is 6. The molecule has 0 aromatic carbocycles. The Hall–Kier alpha value is -0.240. The van der Waals surface area contributed by atoms with Gasteiger partial charge in [-0.1, -0.05) is 0 Å². The third-order valence-electron chi connectivity index (χ3n) is 1.92. The van der Waals surface area contributed by atoms with Crippen LogP contribution in [0.5, 0.6) is 0 Å². The van der Waals surface area contributed by atoms with Crippen molar-refractivity contribution >= 4 is 0 Å². The molecular weight excluding hydrogens is 166 g/mol. The lowest BCUT2D eigenvalue weighted by molar-refractivity contribution is -0.279. The molecule has 0 aliphatic carbocycles.